The second kappa shape index (κ2) is 8.64. The predicted molar refractivity (Wildman–Crippen MR) is 117 cm³/mol. The van der Waals surface area contributed by atoms with Gasteiger partial charge in [0.2, 0.25) is 5.90 Å². The normalized spacial score (nSPS) is 14.6. The maximum Gasteiger partial charge on any atom is 0.363 e. The third-order valence-corrected chi connectivity index (χ3v) is 5.11. The molecule has 0 N–H and O–H groups in total. The first-order chi connectivity index (χ1) is 14.1. The van der Waals surface area contributed by atoms with Crippen LogP contribution in [0.3, 0.4) is 0 Å². The van der Waals surface area contributed by atoms with Crippen LogP contribution in [-0.2, 0) is 16.1 Å². The Morgan fingerprint density at radius 1 is 1.03 bits per heavy atom. The smallest absolute Gasteiger partial charge is 0.363 e. The highest BCUT2D eigenvalue weighted by molar-refractivity contribution is 9.10. The summed E-state index contributed by atoms with van der Waals surface area (Å²) in [6.45, 7) is 0.396. The van der Waals surface area contributed by atoms with Crippen molar-refractivity contribution in [1.29, 1.82) is 0 Å². The Bertz CT molecular complexity index is 1140. The fraction of sp³-hybridized carbons (Fsp3) is 0.0435. The van der Waals surface area contributed by atoms with Gasteiger partial charge >= 0.3 is 5.97 Å². The van der Waals surface area contributed by atoms with Crippen molar-refractivity contribution in [3.05, 3.63) is 105 Å². The lowest BCUT2D eigenvalue weighted by atomic mass is 10.2. The van der Waals surface area contributed by atoms with E-state index in [0.717, 1.165) is 21.2 Å². The fourth-order valence-electron chi connectivity index (χ4n) is 2.80. The van der Waals surface area contributed by atoms with E-state index in [1.807, 2.05) is 72.8 Å². The lowest BCUT2D eigenvalue weighted by Crippen LogP contribution is -2.05. The number of rotatable bonds is 5. The molecule has 0 radical (unpaired) electrons. The van der Waals surface area contributed by atoms with Crippen molar-refractivity contribution in [3.8, 4) is 5.75 Å². The van der Waals surface area contributed by atoms with Gasteiger partial charge in [0.15, 0.2) is 5.70 Å². The number of hydrogen-bond acceptors (Lipinski definition) is 4. The Morgan fingerprint density at radius 2 is 1.86 bits per heavy atom. The predicted octanol–water partition coefficient (Wildman–Crippen LogP) is 6.03. The SMILES string of the molecule is O=C1OC(c2ccccc2Br)=N/C1=C\c1cccc(OCc2cccc(Cl)c2)c1. The Hall–Kier alpha value is -2.89. The Kier molecular flexibility index (Phi) is 5.79. The van der Waals surface area contributed by atoms with Crippen LogP contribution >= 0.6 is 27.5 Å². The van der Waals surface area contributed by atoms with Crippen molar-refractivity contribution in [2.24, 2.45) is 4.99 Å². The summed E-state index contributed by atoms with van der Waals surface area (Å²) >= 11 is 9.45. The summed E-state index contributed by atoms with van der Waals surface area (Å²) in [5, 5.41) is 0.669. The largest absolute Gasteiger partial charge is 0.489 e. The molecule has 1 aliphatic rings. The third kappa shape index (κ3) is 4.75. The van der Waals surface area contributed by atoms with Gasteiger partial charge in [0.1, 0.15) is 12.4 Å². The number of cyclic esters (lactones) is 1. The highest BCUT2D eigenvalue weighted by Crippen LogP contribution is 2.25. The van der Waals surface area contributed by atoms with E-state index in [1.165, 1.54) is 0 Å². The van der Waals surface area contributed by atoms with Gasteiger partial charge in [0.05, 0.1) is 5.56 Å². The molecule has 0 unspecified atom stereocenters. The minimum absolute atomic E-state index is 0.239. The van der Waals surface area contributed by atoms with Gasteiger partial charge in [-0.2, -0.15) is 0 Å². The Labute approximate surface area is 181 Å². The zero-order valence-corrected chi connectivity index (χ0v) is 17.5. The van der Waals surface area contributed by atoms with Crippen LogP contribution in [0.5, 0.6) is 5.75 Å². The standard InChI is InChI=1S/C23H15BrClNO3/c24-20-10-2-1-9-19(20)22-26-21(23(27)29-22)13-15-5-4-8-18(12-15)28-14-16-6-3-7-17(25)11-16/h1-13H,14H2/b21-13-. The molecule has 3 aromatic carbocycles. The molecule has 1 heterocycles. The van der Waals surface area contributed by atoms with Crippen molar-refractivity contribution in [1.82, 2.24) is 0 Å². The number of carbonyl (C=O) groups is 1. The average molecular weight is 469 g/mol. The van der Waals surface area contributed by atoms with E-state index in [1.54, 1.807) is 6.08 Å². The number of esters is 1. The molecule has 6 heteroatoms. The molecule has 0 saturated heterocycles. The van der Waals surface area contributed by atoms with Gasteiger partial charge in [-0.1, -0.05) is 48.0 Å². The topological polar surface area (TPSA) is 47.9 Å². The fourth-order valence-corrected chi connectivity index (χ4v) is 3.47. The van der Waals surface area contributed by atoms with Crippen molar-refractivity contribution in [2.45, 2.75) is 6.61 Å². The number of halogens is 2. The van der Waals surface area contributed by atoms with Crippen molar-refractivity contribution >= 4 is 45.5 Å². The van der Waals surface area contributed by atoms with Crippen LogP contribution in [0.25, 0.3) is 6.08 Å². The zero-order valence-electron chi connectivity index (χ0n) is 15.1. The molecular weight excluding hydrogens is 454 g/mol. The molecule has 144 valence electrons. The summed E-state index contributed by atoms with van der Waals surface area (Å²) in [7, 11) is 0. The van der Waals surface area contributed by atoms with E-state index in [-0.39, 0.29) is 11.6 Å². The van der Waals surface area contributed by atoms with Crippen LogP contribution in [-0.4, -0.2) is 11.9 Å². The highest BCUT2D eigenvalue weighted by atomic mass is 79.9. The van der Waals surface area contributed by atoms with Crippen molar-refractivity contribution in [3.63, 3.8) is 0 Å². The number of carbonyl (C=O) groups excluding carboxylic acids is 1. The number of benzene rings is 3. The quantitative estimate of drug-likeness (QED) is 0.339. The van der Waals surface area contributed by atoms with E-state index in [0.29, 0.717) is 17.4 Å². The van der Waals surface area contributed by atoms with Crippen LogP contribution in [0.2, 0.25) is 5.02 Å². The summed E-state index contributed by atoms with van der Waals surface area (Å²) < 4.78 is 12.0. The summed E-state index contributed by atoms with van der Waals surface area (Å²) in [5.74, 6) is 0.476. The van der Waals surface area contributed by atoms with Crippen LogP contribution in [0, 0.1) is 0 Å². The first-order valence-corrected chi connectivity index (χ1v) is 10.0. The first-order valence-electron chi connectivity index (χ1n) is 8.83. The van der Waals surface area contributed by atoms with Crippen molar-refractivity contribution in [2.75, 3.05) is 0 Å². The molecule has 3 aromatic rings. The minimum Gasteiger partial charge on any atom is -0.489 e. The summed E-state index contributed by atoms with van der Waals surface area (Å²) in [6, 6.07) is 22.4. The number of ether oxygens (including phenoxy) is 2. The molecule has 0 bridgehead atoms. The molecule has 0 amide bonds. The van der Waals surface area contributed by atoms with Crippen molar-refractivity contribution < 1.29 is 14.3 Å². The van der Waals surface area contributed by atoms with Gasteiger partial charge in [-0.15, -0.1) is 0 Å². The lowest BCUT2D eigenvalue weighted by molar-refractivity contribution is -0.129. The molecular formula is C23H15BrClNO3. The minimum atomic E-state index is -0.485. The first kappa shape index (κ1) is 19.4. The monoisotopic (exact) mass is 467 g/mol. The molecule has 0 fully saturated rings. The lowest BCUT2D eigenvalue weighted by Gasteiger charge is -2.07. The van der Waals surface area contributed by atoms with Gasteiger partial charge < -0.3 is 9.47 Å². The Balaban J connectivity index is 1.53. The van der Waals surface area contributed by atoms with Gasteiger partial charge in [-0.25, -0.2) is 9.79 Å². The second-order valence-electron chi connectivity index (χ2n) is 6.31. The summed E-state index contributed by atoms with van der Waals surface area (Å²) in [4.78, 5) is 16.6. The molecule has 0 spiro atoms. The number of nitrogens with zero attached hydrogens (tertiary/aromatic N) is 1. The highest BCUT2D eigenvalue weighted by Gasteiger charge is 2.25. The molecule has 0 saturated carbocycles. The van der Waals surface area contributed by atoms with E-state index in [2.05, 4.69) is 20.9 Å². The molecule has 29 heavy (non-hydrogen) atoms. The van der Waals surface area contributed by atoms with E-state index < -0.39 is 5.97 Å². The second-order valence-corrected chi connectivity index (χ2v) is 7.60. The summed E-state index contributed by atoms with van der Waals surface area (Å²) in [6.07, 6.45) is 1.68. The van der Waals surface area contributed by atoms with Gasteiger partial charge in [-0.3, -0.25) is 0 Å². The Morgan fingerprint density at radius 3 is 2.69 bits per heavy atom. The molecule has 0 aliphatic carbocycles. The molecule has 4 rings (SSSR count). The maximum absolute atomic E-state index is 12.2. The van der Waals surface area contributed by atoms with E-state index >= 15 is 0 Å². The summed E-state index contributed by atoms with van der Waals surface area (Å²) in [5.41, 5.74) is 2.73. The molecule has 1 aliphatic heterocycles. The molecule has 0 aromatic heterocycles. The number of hydrogen-bond donors (Lipinski definition) is 0. The molecule has 0 atom stereocenters. The van der Waals surface area contributed by atoms with Gasteiger partial charge in [-0.05, 0) is 69.5 Å². The zero-order chi connectivity index (χ0) is 20.2. The van der Waals surface area contributed by atoms with Gasteiger partial charge in [0.25, 0.3) is 0 Å². The van der Waals surface area contributed by atoms with Crippen LogP contribution in [0.15, 0.2) is 88.0 Å². The maximum atomic E-state index is 12.2. The van der Waals surface area contributed by atoms with Crippen LogP contribution in [0.4, 0.5) is 0 Å². The average Bonchev–Trinajstić information content (AvgIpc) is 3.07. The third-order valence-electron chi connectivity index (χ3n) is 4.18. The van der Waals surface area contributed by atoms with Gasteiger partial charge in [0, 0.05) is 9.50 Å². The van der Waals surface area contributed by atoms with E-state index in [4.69, 9.17) is 21.1 Å². The molecule has 4 nitrogen and oxygen atoms in total. The van der Waals surface area contributed by atoms with Crippen LogP contribution in [0.1, 0.15) is 16.7 Å². The van der Waals surface area contributed by atoms with Crippen LogP contribution < -0.4 is 4.74 Å². The number of aliphatic imine (C=N–C) groups is 1. The van der Waals surface area contributed by atoms with E-state index in [9.17, 15) is 4.79 Å².